The highest BCUT2D eigenvalue weighted by atomic mass is 35.5. The molecule has 5 rings (SSSR count). The third kappa shape index (κ3) is 5.84. The minimum Gasteiger partial charge on any atom is -0.495 e. The second-order valence-electron chi connectivity index (χ2n) is 8.62. The molecule has 0 saturated heterocycles. The Morgan fingerprint density at radius 2 is 1.87 bits per heavy atom. The standard InChI is InChI=1S/C27H21ClF2N4O4S/c1-13(14(2)38-27(35)33-18-7-17(29)10-31-11-18)37-23-9-24-22(8-21(23)30)34-26(39-24)20-6-16(28)4-15-5-19(36-3)12-32-25(15)20/h4-14H,1-3H3,(H,33,35)/t13-,14+/m0/s1. The second kappa shape index (κ2) is 11.0. The van der Waals surface area contributed by atoms with Crippen molar-refractivity contribution in [2.45, 2.75) is 26.1 Å². The molecule has 3 heterocycles. The lowest BCUT2D eigenvalue weighted by Crippen LogP contribution is -2.32. The Kier molecular flexibility index (Phi) is 7.45. The molecule has 0 radical (unpaired) electrons. The molecule has 12 heteroatoms. The summed E-state index contributed by atoms with van der Waals surface area (Å²) in [5, 5.41) is 4.29. The van der Waals surface area contributed by atoms with Gasteiger partial charge >= 0.3 is 6.09 Å². The number of halogens is 3. The molecule has 0 aliphatic carbocycles. The third-order valence-corrected chi connectivity index (χ3v) is 7.12. The van der Waals surface area contributed by atoms with E-state index in [1.807, 2.05) is 6.07 Å². The molecule has 0 aliphatic rings. The Morgan fingerprint density at radius 3 is 2.64 bits per heavy atom. The highest BCUT2D eigenvalue weighted by Gasteiger charge is 2.22. The second-order valence-corrected chi connectivity index (χ2v) is 10.1. The summed E-state index contributed by atoms with van der Waals surface area (Å²) in [5.74, 6) is -0.643. The number of methoxy groups -OCH3 is 1. The highest BCUT2D eigenvalue weighted by molar-refractivity contribution is 7.21. The highest BCUT2D eigenvalue weighted by Crippen LogP contribution is 2.38. The molecular weight excluding hydrogens is 550 g/mol. The van der Waals surface area contributed by atoms with E-state index in [2.05, 4.69) is 20.3 Å². The predicted molar refractivity (Wildman–Crippen MR) is 146 cm³/mol. The van der Waals surface area contributed by atoms with Crippen LogP contribution in [0.5, 0.6) is 11.5 Å². The zero-order valence-electron chi connectivity index (χ0n) is 20.9. The van der Waals surface area contributed by atoms with Gasteiger partial charge in [-0.2, -0.15) is 0 Å². The first-order valence-corrected chi connectivity index (χ1v) is 12.9. The van der Waals surface area contributed by atoms with Crippen LogP contribution in [-0.4, -0.2) is 40.4 Å². The van der Waals surface area contributed by atoms with E-state index in [0.29, 0.717) is 37.1 Å². The minimum absolute atomic E-state index is 0.0193. The van der Waals surface area contributed by atoms with E-state index in [4.69, 9.17) is 25.8 Å². The SMILES string of the molecule is COc1cnc2c(-c3nc4cc(F)c(O[C@@H](C)[C@@H](C)OC(=O)Nc5cncc(F)c5)cc4s3)cc(Cl)cc2c1. The van der Waals surface area contributed by atoms with Gasteiger partial charge in [-0.25, -0.2) is 18.6 Å². The summed E-state index contributed by atoms with van der Waals surface area (Å²) in [5.41, 5.74) is 1.98. The molecule has 3 aromatic heterocycles. The van der Waals surface area contributed by atoms with Gasteiger partial charge in [0.15, 0.2) is 11.6 Å². The fourth-order valence-corrected chi connectivity index (χ4v) is 5.01. The molecule has 39 heavy (non-hydrogen) atoms. The maximum Gasteiger partial charge on any atom is 0.412 e. The third-order valence-electron chi connectivity index (χ3n) is 5.85. The molecule has 2 aromatic carbocycles. The molecule has 0 unspecified atom stereocenters. The van der Waals surface area contributed by atoms with Crippen LogP contribution in [0.1, 0.15) is 13.8 Å². The Morgan fingerprint density at radius 1 is 1.05 bits per heavy atom. The molecule has 0 aliphatic heterocycles. The van der Waals surface area contributed by atoms with Crippen molar-refractivity contribution < 1.29 is 27.8 Å². The molecule has 1 N–H and O–H groups in total. The minimum atomic E-state index is -0.826. The van der Waals surface area contributed by atoms with Crippen LogP contribution in [-0.2, 0) is 4.74 Å². The number of thiazole rings is 1. The first-order valence-electron chi connectivity index (χ1n) is 11.7. The van der Waals surface area contributed by atoms with E-state index >= 15 is 0 Å². The summed E-state index contributed by atoms with van der Waals surface area (Å²) >= 11 is 7.70. The fraction of sp³-hybridized carbons (Fsp3) is 0.185. The van der Waals surface area contributed by atoms with E-state index in [1.54, 1.807) is 45.4 Å². The van der Waals surface area contributed by atoms with Crippen LogP contribution in [0.25, 0.3) is 31.7 Å². The van der Waals surface area contributed by atoms with Crippen molar-refractivity contribution in [1.29, 1.82) is 0 Å². The molecule has 0 fully saturated rings. The van der Waals surface area contributed by atoms with E-state index in [0.717, 1.165) is 17.6 Å². The Hall–Kier alpha value is -4.09. The Bertz CT molecular complexity index is 1700. The van der Waals surface area contributed by atoms with Gasteiger partial charge in [-0.05, 0) is 32.0 Å². The van der Waals surface area contributed by atoms with Gasteiger partial charge in [0, 0.05) is 34.2 Å². The first-order chi connectivity index (χ1) is 18.7. The van der Waals surface area contributed by atoms with Crippen LogP contribution >= 0.6 is 22.9 Å². The number of ether oxygens (including phenoxy) is 3. The number of nitrogens with one attached hydrogen (secondary N) is 1. The van der Waals surface area contributed by atoms with Crippen LogP contribution in [0.3, 0.4) is 0 Å². The van der Waals surface area contributed by atoms with Gasteiger partial charge < -0.3 is 14.2 Å². The maximum atomic E-state index is 15.0. The van der Waals surface area contributed by atoms with Crippen LogP contribution in [0.15, 0.2) is 55.0 Å². The fourth-order valence-electron chi connectivity index (χ4n) is 3.79. The van der Waals surface area contributed by atoms with Crippen LogP contribution in [0, 0.1) is 11.6 Å². The predicted octanol–water partition coefficient (Wildman–Crippen LogP) is 7.25. The number of hydrogen-bond donors (Lipinski definition) is 1. The van der Waals surface area contributed by atoms with E-state index in [1.165, 1.54) is 23.6 Å². The smallest absolute Gasteiger partial charge is 0.412 e. The molecule has 200 valence electrons. The molecular formula is C27H21ClF2N4O4S. The van der Waals surface area contributed by atoms with Crippen LogP contribution in [0.2, 0.25) is 5.02 Å². The van der Waals surface area contributed by atoms with Gasteiger partial charge in [-0.15, -0.1) is 11.3 Å². The number of rotatable bonds is 7. The lowest BCUT2D eigenvalue weighted by atomic mass is 10.1. The van der Waals surface area contributed by atoms with Gasteiger partial charge in [0.05, 0.1) is 47.1 Å². The lowest BCUT2D eigenvalue weighted by molar-refractivity contribution is 0.0402. The average Bonchev–Trinajstić information content (AvgIpc) is 3.30. The topological polar surface area (TPSA) is 95.5 Å². The van der Waals surface area contributed by atoms with Crippen molar-refractivity contribution in [3.05, 3.63) is 71.6 Å². The van der Waals surface area contributed by atoms with Crippen LogP contribution in [0.4, 0.5) is 19.3 Å². The molecule has 5 aromatic rings. The molecule has 2 atom stereocenters. The Labute approximate surface area is 230 Å². The number of benzene rings is 2. The zero-order valence-corrected chi connectivity index (χ0v) is 22.4. The lowest BCUT2D eigenvalue weighted by Gasteiger charge is -2.22. The molecule has 0 spiro atoms. The van der Waals surface area contributed by atoms with Gasteiger partial charge in [0.2, 0.25) is 0 Å². The largest absolute Gasteiger partial charge is 0.495 e. The number of carbonyl (C=O) groups excluding carboxylic acids is 1. The quantitative estimate of drug-likeness (QED) is 0.220. The zero-order chi connectivity index (χ0) is 27.7. The van der Waals surface area contributed by atoms with E-state index < -0.39 is 29.9 Å². The van der Waals surface area contributed by atoms with Gasteiger partial charge in [0.25, 0.3) is 0 Å². The first kappa shape index (κ1) is 26.5. The molecule has 0 bridgehead atoms. The molecule has 8 nitrogen and oxygen atoms in total. The van der Waals surface area contributed by atoms with Gasteiger partial charge in [0.1, 0.15) is 28.8 Å². The number of amides is 1. The van der Waals surface area contributed by atoms with Crippen molar-refractivity contribution in [3.63, 3.8) is 0 Å². The summed E-state index contributed by atoms with van der Waals surface area (Å²) in [6.07, 6.45) is 1.60. The number of fused-ring (bicyclic) bond motifs is 2. The monoisotopic (exact) mass is 570 g/mol. The van der Waals surface area contributed by atoms with Crippen molar-refractivity contribution in [2.75, 3.05) is 12.4 Å². The molecule has 0 saturated carbocycles. The summed E-state index contributed by atoms with van der Waals surface area (Å²) in [4.78, 5) is 24.9. The Balaban J connectivity index is 1.35. The summed E-state index contributed by atoms with van der Waals surface area (Å²) in [6, 6.07) is 9.32. The van der Waals surface area contributed by atoms with Gasteiger partial charge in [-0.1, -0.05) is 11.6 Å². The number of hydrogen-bond acceptors (Lipinski definition) is 8. The van der Waals surface area contributed by atoms with Crippen molar-refractivity contribution in [2.24, 2.45) is 0 Å². The summed E-state index contributed by atoms with van der Waals surface area (Å²) in [6.45, 7) is 3.24. The number of carbonyl (C=O) groups is 1. The number of pyridine rings is 2. The van der Waals surface area contributed by atoms with Crippen molar-refractivity contribution in [3.8, 4) is 22.1 Å². The van der Waals surface area contributed by atoms with Crippen molar-refractivity contribution in [1.82, 2.24) is 15.0 Å². The van der Waals surface area contributed by atoms with E-state index in [-0.39, 0.29) is 11.4 Å². The van der Waals surface area contributed by atoms with E-state index in [9.17, 15) is 13.6 Å². The maximum absolute atomic E-state index is 15.0. The summed E-state index contributed by atoms with van der Waals surface area (Å²) < 4.78 is 45.3. The summed E-state index contributed by atoms with van der Waals surface area (Å²) in [7, 11) is 1.56. The number of aromatic nitrogens is 3. The normalized spacial score (nSPS) is 12.8. The number of nitrogens with zero attached hydrogens (tertiary/aromatic N) is 3. The molecule has 1 amide bonds. The van der Waals surface area contributed by atoms with Crippen LogP contribution < -0.4 is 14.8 Å². The average molecular weight is 571 g/mol. The van der Waals surface area contributed by atoms with Gasteiger partial charge in [-0.3, -0.25) is 15.3 Å². The van der Waals surface area contributed by atoms with Crippen molar-refractivity contribution >= 4 is 55.8 Å². The number of anilines is 1.